The van der Waals surface area contributed by atoms with Gasteiger partial charge < -0.3 is 16.0 Å². The van der Waals surface area contributed by atoms with Gasteiger partial charge in [0.1, 0.15) is 5.83 Å². The smallest absolute Gasteiger partial charge is 0.327 e. The second kappa shape index (κ2) is 11.1. The number of rotatable bonds is 5. The Morgan fingerprint density at radius 1 is 1.03 bits per heavy atom. The number of carbonyl (C=O) groups excluding carboxylic acids is 3. The number of nitrogens with one attached hydrogen (secondary N) is 1. The van der Waals surface area contributed by atoms with E-state index in [0.29, 0.717) is 12.8 Å². The summed E-state index contributed by atoms with van der Waals surface area (Å²) in [6, 6.07) is -0.896. The third kappa shape index (κ3) is 5.29. The van der Waals surface area contributed by atoms with Gasteiger partial charge in [-0.15, -0.1) is 0 Å². The van der Waals surface area contributed by atoms with Crippen molar-refractivity contribution in [3.63, 3.8) is 0 Å². The monoisotopic (exact) mass is 492 g/mol. The molecule has 0 aromatic rings. The zero-order valence-electron chi connectivity index (χ0n) is 20.0. The van der Waals surface area contributed by atoms with Crippen LogP contribution in [0, 0.1) is 5.92 Å². The predicted octanol–water partition coefficient (Wildman–Crippen LogP) is 3.85. The lowest BCUT2D eigenvalue weighted by molar-refractivity contribution is -0.131. The van der Waals surface area contributed by atoms with Gasteiger partial charge in [-0.05, 0) is 75.9 Å². The molecule has 2 saturated heterocycles. The number of nitrogens with two attached hydrogens (primary N) is 1. The van der Waals surface area contributed by atoms with E-state index in [4.69, 9.17) is 5.73 Å². The fourth-order valence-electron chi connectivity index (χ4n) is 5.97. The van der Waals surface area contributed by atoms with Crippen molar-refractivity contribution in [3.8, 4) is 0 Å². The standard InChI is InChI=1S/C25H37FN4O3S/c1-16-22(14-18(26)15-27)24(32)30(25(33)29(16)21-10-12-34-13-11-21)20-8-6-19(7-9-20)28-23(31)17-4-2-3-5-17/h14-17,19-21H,2-13,27H2,1H3,(H,28,31)/b18-15+,22-14+. The van der Waals surface area contributed by atoms with Gasteiger partial charge in [-0.2, -0.15) is 11.8 Å². The van der Waals surface area contributed by atoms with Crippen LogP contribution in [-0.2, 0) is 9.59 Å². The minimum Gasteiger partial charge on any atom is -0.402 e. The highest BCUT2D eigenvalue weighted by atomic mass is 32.2. The molecular formula is C25H37FN4O3S. The van der Waals surface area contributed by atoms with Gasteiger partial charge in [-0.3, -0.25) is 14.5 Å². The van der Waals surface area contributed by atoms with E-state index < -0.39 is 17.8 Å². The van der Waals surface area contributed by atoms with Crippen molar-refractivity contribution in [3.05, 3.63) is 23.7 Å². The van der Waals surface area contributed by atoms with Gasteiger partial charge >= 0.3 is 6.03 Å². The summed E-state index contributed by atoms with van der Waals surface area (Å²) in [7, 11) is 0. The van der Waals surface area contributed by atoms with Crippen LogP contribution in [0.25, 0.3) is 0 Å². The maximum Gasteiger partial charge on any atom is 0.327 e. The molecule has 188 valence electrons. The van der Waals surface area contributed by atoms with E-state index in [9.17, 15) is 18.8 Å². The predicted molar refractivity (Wildman–Crippen MR) is 131 cm³/mol. The summed E-state index contributed by atoms with van der Waals surface area (Å²) in [5.41, 5.74) is 5.61. The topological polar surface area (TPSA) is 95.7 Å². The molecule has 2 aliphatic heterocycles. The molecule has 4 rings (SSSR count). The molecule has 0 bridgehead atoms. The number of hydrogen-bond donors (Lipinski definition) is 2. The molecule has 1 unspecified atom stereocenters. The van der Waals surface area contributed by atoms with E-state index >= 15 is 0 Å². The molecule has 7 nitrogen and oxygen atoms in total. The summed E-state index contributed by atoms with van der Waals surface area (Å²) < 4.78 is 14.1. The van der Waals surface area contributed by atoms with E-state index in [1.165, 1.54) is 11.0 Å². The van der Waals surface area contributed by atoms with Crippen LogP contribution in [0.5, 0.6) is 0 Å². The lowest BCUT2D eigenvalue weighted by Crippen LogP contribution is -2.63. The Morgan fingerprint density at radius 2 is 1.68 bits per heavy atom. The summed E-state index contributed by atoms with van der Waals surface area (Å²) >= 11 is 1.87. The molecule has 2 aliphatic carbocycles. The lowest BCUT2D eigenvalue weighted by Gasteiger charge is -2.48. The van der Waals surface area contributed by atoms with Crippen molar-refractivity contribution in [2.45, 2.75) is 95.3 Å². The molecule has 2 saturated carbocycles. The third-order valence-corrected chi connectivity index (χ3v) is 8.98. The van der Waals surface area contributed by atoms with Gasteiger partial charge in [0.05, 0.1) is 6.04 Å². The van der Waals surface area contributed by atoms with E-state index in [0.717, 1.165) is 69.1 Å². The van der Waals surface area contributed by atoms with Crippen molar-refractivity contribution < 1.29 is 18.8 Å². The van der Waals surface area contributed by atoms with Gasteiger partial charge in [0.15, 0.2) is 0 Å². The highest BCUT2D eigenvalue weighted by Crippen LogP contribution is 2.35. The number of allylic oxidation sites excluding steroid dienone is 2. The van der Waals surface area contributed by atoms with Crippen molar-refractivity contribution >= 4 is 29.6 Å². The van der Waals surface area contributed by atoms with Gasteiger partial charge in [0.2, 0.25) is 5.91 Å². The van der Waals surface area contributed by atoms with Gasteiger partial charge in [-0.25, -0.2) is 9.18 Å². The Morgan fingerprint density at radius 3 is 2.29 bits per heavy atom. The number of nitrogens with zero attached hydrogens (tertiary/aromatic N) is 2. The van der Waals surface area contributed by atoms with Crippen molar-refractivity contribution in [2.24, 2.45) is 11.7 Å². The lowest BCUT2D eigenvalue weighted by atomic mass is 9.88. The number of imide groups is 1. The van der Waals surface area contributed by atoms with Crippen molar-refractivity contribution in [1.82, 2.24) is 15.1 Å². The third-order valence-electron chi connectivity index (χ3n) is 7.93. The Kier molecular flexibility index (Phi) is 8.22. The SMILES string of the molecule is CC1/C(=C\C(F)=C/N)C(=O)N(C2CCC(NC(=O)C3CCCC3)CC2)C(=O)N1C1CCSCC1. The Bertz CT molecular complexity index is 843. The number of urea groups is 1. The Hall–Kier alpha value is -2.03. The first kappa shape index (κ1) is 25.1. The van der Waals surface area contributed by atoms with Crippen molar-refractivity contribution in [2.75, 3.05) is 11.5 Å². The fourth-order valence-corrected chi connectivity index (χ4v) is 7.05. The molecule has 4 amide bonds. The van der Waals surface area contributed by atoms with Gasteiger partial charge in [0.25, 0.3) is 5.91 Å². The zero-order chi connectivity index (χ0) is 24.2. The molecule has 0 aromatic heterocycles. The summed E-state index contributed by atoms with van der Waals surface area (Å²) in [5, 5.41) is 3.19. The number of carbonyl (C=O) groups is 3. The maximum absolute atomic E-state index is 14.1. The van der Waals surface area contributed by atoms with Crippen LogP contribution < -0.4 is 11.1 Å². The molecule has 4 fully saturated rings. The van der Waals surface area contributed by atoms with Crippen LogP contribution in [0.3, 0.4) is 0 Å². The number of amides is 4. The largest absolute Gasteiger partial charge is 0.402 e. The second-order valence-electron chi connectivity index (χ2n) is 10.0. The van der Waals surface area contributed by atoms with E-state index in [1.54, 1.807) is 11.8 Å². The Balaban J connectivity index is 1.49. The van der Waals surface area contributed by atoms with Crippen LogP contribution in [0.4, 0.5) is 9.18 Å². The molecule has 1 atom stereocenters. The first-order valence-electron chi connectivity index (χ1n) is 12.7. The summed E-state index contributed by atoms with van der Waals surface area (Å²) in [6.45, 7) is 1.81. The van der Waals surface area contributed by atoms with Crippen LogP contribution in [0.1, 0.15) is 71.1 Å². The second-order valence-corrected chi connectivity index (χ2v) is 11.3. The molecule has 0 spiro atoms. The van der Waals surface area contributed by atoms with Crippen LogP contribution in [0.2, 0.25) is 0 Å². The summed E-state index contributed by atoms with van der Waals surface area (Å²) in [5.74, 6) is 1.12. The minimum absolute atomic E-state index is 0.0368. The zero-order valence-corrected chi connectivity index (χ0v) is 20.8. The first-order chi connectivity index (χ1) is 16.4. The number of thioether (sulfide) groups is 1. The van der Waals surface area contributed by atoms with Gasteiger partial charge in [-0.1, -0.05) is 12.8 Å². The van der Waals surface area contributed by atoms with Crippen molar-refractivity contribution in [1.29, 1.82) is 0 Å². The fraction of sp³-hybridized carbons (Fsp3) is 0.720. The molecule has 9 heteroatoms. The number of hydrogen-bond acceptors (Lipinski definition) is 5. The Labute approximate surface area is 205 Å². The average molecular weight is 493 g/mol. The normalized spacial score (nSPS) is 31.4. The molecule has 34 heavy (non-hydrogen) atoms. The molecule has 2 heterocycles. The van der Waals surface area contributed by atoms with Crippen LogP contribution in [-0.4, -0.2) is 63.3 Å². The summed E-state index contributed by atoms with van der Waals surface area (Å²) in [6.07, 6.45) is 10.7. The molecule has 4 aliphatic rings. The number of halogens is 1. The highest BCUT2D eigenvalue weighted by molar-refractivity contribution is 7.99. The minimum atomic E-state index is -0.679. The molecule has 0 aromatic carbocycles. The first-order valence-corrected chi connectivity index (χ1v) is 13.9. The molecular weight excluding hydrogens is 455 g/mol. The van der Waals surface area contributed by atoms with Crippen LogP contribution in [0.15, 0.2) is 23.7 Å². The highest BCUT2D eigenvalue weighted by Gasteiger charge is 2.47. The average Bonchev–Trinajstić information content (AvgIpc) is 3.39. The summed E-state index contributed by atoms with van der Waals surface area (Å²) in [4.78, 5) is 42.8. The van der Waals surface area contributed by atoms with Crippen LogP contribution >= 0.6 is 11.8 Å². The quantitative estimate of drug-likeness (QED) is 0.569. The maximum atomic E-state index is 14.1. The van der Waals surface area contributed by atoms with Gasteiger partial charge in [0, 0.05) is 35.8 Å². The van der Waals surface area contributed by atoms with E-state index in [2.05, 4.69) is 5.32 Å². The molecule has 3 N–H and O–H groups in total. The van der Waals surface area contributed by atoms with E-state index in [-0.39, 0.29) is 41.6 Å². The van der Waals surface area contributed by atoms with E-state index in [1.807, 2.05) is 11.8 Å². The molecule has 0 radical (unpaired) electrons.